The third-order valence-electron chi connectivity index (χ3n) is 3.70. The summed E-state index contributed by atoms with van der Waals surface area (Å²) >= 11 is 5.96. The smallest absolute Gasteiger partial charge is 0.106 e. The lowest BCUT2D eigenvalue weighted by Gasteiger charge is -2.38. The van der Waals surface area contributed by atoms with Crippen LogP contribution in [0.5, 0.6) is 0 Å². The molecule has 0 unspecified atom stereocenters. The number of piperidine rings is 1. The molecule has 98 valence electrons. The van der Waals surface area contributed by atoms with Crippen LogP contribution in [-0.4, -0.2) is 38.4 Å². The van der Waals surface area contributed by atoms with Gasteiger partial charge in [0.2, 0.25) is 0 Å². The standard InChI is InChI=1S/C14H19ClN2O/c1-17-9-7-14(8-10-17,11-16-18-2)12-3-5-13(15)6-4-12/h3-6,11H,7-10H2,1-2H3/b16-11+. The maximum atomic E-state index is 5.96. The number of likely N-dealkylation sites (tertiary alicyclic amines) is 1. The third-order valence-corrected chi connectivity index (χ3v) is 3.96. The van der Waals surface area contributed by atoms with Gasteiger partial charge in [0.1, 0.15) is 7.11 Å². The highest BCUT2D eigenvalue weighted by Gasteiger charge is 2.34. The Kier molecular flexibility index (Phi) is 4.25. The minimum absolute atomic E-state index is 0.0207. The van der Waals surface area contributed by atoms with E-state index in [-0.39, 0.29) is 5.41 Å². The number of halogens is 1. The van der Waals surface area contributed by atoms with Crippen LogP contribution in [0.4, 0.5) is 0 Å². The van der Waals surface area contributed by atoms with Gasteiger partial charge in [0.25, 0.3) is 0 Å². The van der Waals surface area contributed by atoms with Crippen molar-refractivity contribution in [3.63, 3.8) is 0 Å². The highest BCUT2D eigenvalue weighted by molar-refractivity contribution is 6.30. The van der Waals surface area contributed by atoms with Gasteiger partial charge in [0, 0.05) is 10.4 Å². The first-order valence-corrected chi connectivity index (χ1v) is 6.56. The summed E-state index contributed by atoms with van der Waals surface area (Å²) in [6.45, 7) is 2.14. The molecule has 1 aromatic carbocycles. The number of hydrogen-bond donors (Lipinski definition) is 0. The Bertz CT molecular complexity index is 408. The molecular formula is C14H19ClN2O. The van der Waals surface area contributed by atoms with Crippen LogP contribution in [0.2, 0.25) is 5.02 Å². The fourth-order valence-electron chi connectivity index (χ4n) is 2.45. The SMILES string of the molecule is CO/N=C/C1(c2ccc(Cl)cc2)CCN(C)CC1. The summed E-state index contributed by atoms with van der Waals surface area (Å²) in [6, 6.07) is 8.07. The zero-order valence-electron chi connectivity index (χ0n) is 10.9. The van der Waals surface area contributed by atoms with Gasteiger partial charge in [-0.2, -0.15) is 0 Å². The van der Waals surface area contributed by atoms with Crippen molar-refractivity contribution in [1.29, 1.82) is 0 Å². The second-order valence-corrected chi connectivity index (χ2v) is 5.32. The van der Waals surface area contributed by atoms with Crippen LogP contribution in [0, 0.1) is 0 Å². The average molecular weight is 267 g/mol. The molecule has 0 aromatic heterocycles. The maximum absolute atomic E-state index is 5.96. The predicted octanol–water partition coefficient (Wildman–Crippen LogP) is 2.94. The number of nitrogens with zero attached hydrogens (tertiary/aromatic N) is 2. The number of rotatable bonds is 3. The Morgan fingerprint density at radius 1 is 1.28 bits per heavy atom. The lowest BCUT2D eigenvalue weighted by atomic mass is 9.74. The molecule has 0 spiro atoms. The van der Waals surface area contributed by atoms with Crippen molar-refractivity contribution >= 4 is 17.8 Å². The summed E-state index contributed by atoms with van der Waals surface area (Å²) in [6.07, 6.45) is 4.05. The van der Waals surface area contributed by atoms with Crippen molar-refractivity contribution in [2.24, 2.45) is 5.16 Å². The molecule has 1 fully saturated rings. The first kappa shape index (κ1) is 13.4. The van der Waals surface area contributed by atoms with E-state index in [2.05, 4.69) is 29.2 Å². The Morgan fingerprint density at radius 2 is 1.89 bits per heavy atom. The van der Waals surface area contributed by atoms with Crippen molar-refractivity contribution in [3.05, 3.63) is 34.9 Å². The van der Waals surface area contributed by atoms with E-state index < -0.39 is 0 Å². The van der Waals surface area contributed by atoms with Crippen LogP contribution < -0.4 is 0 Å². The normalized spacial score (nSPS) is 20.2. The van der Waals surface area contributed by atoms with Gasteiger partial charge in [-0.25, -0.2) is 0 Å². The van der Waals surface area contributed by atoms with E-state index in [0.29, 0.717) is 0 Å². The van der Waals surface area contributed by atoms with Crippen LogP contribution in [0.25, 0.3) is 0 Å². The van der Waals surface area contributed by atoms with Gasteiger partial charge in [-0.05, 0) is 50.7 Å². The Hall–Kier alpha value is -1.06. The molecule has 0 saturated carbocycles. The van der Waals surface area contributed by atoms with Crippen molar-refractivity contribution in [2.45, 2.75) is 18.3 Å². The third kappa shape index (κ3) is 2.85. The number of hydrogen-bond acceptors (Lipinski definition) is 3. The van der Waals surface area contributed by atoms with E-state index in [9.17, 15) is 0 Å². The lowest BCUT2D eigenvalue weighted by molar-refractivity contribution is 0.200. The number of oxime groups is 1. The molecule has 0 bridgehead atoms. The average Bonchev–Trinajstić information content (AvgIpc) is 2.40. The molecule has 4 heteroatoms. The van der Waals surface area contributed by atoms with Gasteiger partial charge in [-0.1, -0.05) is 28.9 Å². The molecular weight excluding hydrogens is 248 g/mol. The summed E-state index contributed by atoms with van der Waals surface area (Å²) in [4.78, 5) is 7.21. The molecule has 0 radical (unpaired) electrons. The molecule has 0 atom stereocenters. The fourth-order valence-corrected chi connectivity index (χ4v) is 2.57. The molecule has 0 aliphatic carbocycles. The van der Waals surface area contributed by atoms with Crippen LogP contribution in [-0.2, 0) is 10.3 Å². The first-order chi connectivity index (χ1) is 8.66. The van der Waals surface area contributed by atoms with E-state index in [0.717, 1.165) is 31.0 Å². The van der Waals surface area contributed by atoms with Gasteiger partial charge in [-0.3, -0.25) is 0 Å². The topological polar surface area (TPSA) is 24.8 Å². The van der Waals surface area contributed by atoms with Gasteiger partial charge in [-0.15, -0.1) is 0 Å². The van der Waals surface area contributed by atoms with Crippen LogP contribution >= 0.6 is 11.6 Å². The predicted molar refractivity (Wildman–Crippen MR) is 75.4 cm³/mol. The highest BCUT2D eigenvalue weighted by Crippen LogP contribution is 2.34. The fraction of sp³-hybridized carbons (Fsp3) is 0.500. The quantitative estimate of drug-likeness (QED) is 0.621. The van der Waals surface area contributed by atoms with E-state index in [4.69, 9.17) is 16.4 Å². The summed E-state index contributed by atoms with van der Waals surface area (Å²) in [5.74, 6) is 0. The molecule has 1 aliphatic heterocycles. The van der Waals surface area contributed by atoms with Crippen molar-refractivity contribution in [3.8, 4) is 0 Å². The molecule has 1 saturated heterocycles. The minimum atomic E-state index is -0.0207. The Balaban J connectivity index is 2.30. The van der Waals surface area contributed by atoms with Gasteiger partial charge in [0.15, 0.2) is 0 Å². The Labute approximate surface area is 113 Å². The van der Waals surface area contributed by atoms with Gasteiger partial charge in [0.05, 0.1) is 6.21 Å². The lowest BCUT2D eigenvalue weighted by Crippen LogP contribution is -2.42. The summed E-state index contributed by atoms with van der Waals surface area (Å²) < 4.78 is 0. The van der Waals surface area contributed by atoms with Crippen LogP contribution in [0.3, 0.4) is 0 Å². The zero-order chi connectivity index (χ0) is 13.0. The molecule has 0 amide bonds. The molecule has 1 heterocycles. The van der Waals surface area contributed by atoms with E-state index in [1.807, 2.05) is 18.3 Å². The molecule has 1 aliphatic rings. The number of benzene rings is 1. The first-order valence-electron chi connectivity index (χ1n) is 6.18. The van der Waals surface area contributed by atoms with Crippen molar-refractivity contribution in [2.75, 3.05) is 27.2 Å². The molecule has 1 aromatic rings. The van der Waals surface area contributed by atoms with E-state index in [1.165, 1.54) is 5.56 Å². The largest absolute Gasteiger partial charge is 0.399 e. The van der Waals surface area contributed by atoms with Crippen LogP contribution in [0.15, 0.2) is 29.4 Å². The molecule has 2 rings (SSSR count). The maximum Gasteiger partial charge on any atom is 0.106 e. The summed E-state index contributed by atoms with van der Waals surface area (Å²) in [5.41, 5.74) is 1.24. The molecule has 18 heavy (non-hydrogen) atoms. The Morgan fingerprint density at radius 3 is 2.44 bits per heavy atom. The summed E-state index contributed by atoms with van der Waals surface area (Å²) in [5, 5.41) is 4.78. The van der Waals surface area contributed by atoms with Gasteiger partial charge >= 0.3 is 0 Å². The van der Waals surface area contributed by atoms with Gasteiger partial charge < -0.3 is 9.74 Å². The minimum Gasteiger partial charge on any atom is -0.399 e. The molecule has 0 N–H and O–H groups in total. The second-order valence-electron chi connectivity index (χ2n) is 4.88. The van der Waals surface area contributed by atoms with Crippen molar-refractivity contribution < 1.29 is 4.84 Å². The molecule has 3 nitrogen and oxygen atoms in total. The monoisotopic (exact) mass is 266 g/mol. The summed E-state index contributed by atoms with van der Waals surface area (Å²) in [7, 11) is 3.74. The second kappa shape index (κ2) is 5.72. The highest BCUT2D eigenvalue weighted by atomic mass is 35.5. The van der Waals surface area contributed by atoms with E-state index in [1.54, 1.807) is 7.11 Å². The zero-order valence-corrected chi connectivity index (χ0v) is 11.7. The van der Waals surface area contributed by atoms with Crippen molar-refractivity contribution in [1.82, 2.24) is 4.90 Å². The van der Waals surface area contributed by atoms with Crippen LogP contribution in [0.1, 0.15) is 18.4 Å². The van der Waals surface area contributed by atoms with E-state index >= 15 is 0 Å².